The average Bonchev–Trinajstić information content (AvgIpc) is 2.87. The first-order chi connectivity index (χ1) is 10.8. The van der Waals surface area contributed by atoms with Gasteiger partial charge in [0.2, 0.25) is 5.91 Å². The Balaban J connectivity index is 1.88. The van der Waals surface area contributed by atoms with Gasteiger partial charge in [0.1, 0.15) is 0 Å². The fraction of sp³-hybridized carbons (Fsp3) is 0.500. The molecule has 2 rings (SSSR count). The number of amides is 1. The van der Waals surface area contributed by atoms with Crippen molar-refractivity contribution < 1.29 is 13.2 Å². The number of hydrogen-bond donors (Lipinski definition) is 0. The van der Waals surface area contributed by atoms with Crippen molar-refractivity contribution in [3.05, 3.63) is 41.5 Å². The van der Waals surface area contributed by atoms with Crippen molar-refractivity contribution in [2.45, 2.75) is 38.6 Å². The summed E-state index contributed by atoms with van der Waals surface area (Å²) in [6.07, 6.45) is 4.61. The van der Waals surface area contributed by atoms with Crippen LogP contribution in [0.1, 0.15) is 43.7 Å². The molecule has 1 aliphatic heterocycles. The molecule has 0 aromatic heterocycles. The SMILES string of the molecule is CC(C)c1ccc(C=CCC(=O)N(C)[C@H]2CCS(=O)(=O)C2)cc1. The second-order valence-corrected chi connectivity index (χ2v) is 8.72. The summed E-state index contributed by atoms with van der Waals surface area (Å²) in [5.41, 5.74) is 2.36. The van der Waals surface area contributed by atoms with Crippen LogP contribution in [-0.4, -0.2) is 43.8 Å². The van der Waals surface area contributed by atoms with Crippen LogP contribution in [0.5, 0.6) is 0 Å². The average molecular weight is 335 g/mol. The summed E-state index contributed by atoms with van der Waals surface area (Å²) in [4.78, 5) is 13.7. The number of benzene rings is 1. The maximum Gasteiger partial charge on any atom is 0.226 e. The highest BCUT2D eigenvalue weighted by molar-refractivity contribution is 7.91. The highest BCUT2D eigenvalue weighted by atomic mass is 32.2. The van der Waals surface area contributed by atoms with Gasteiger partial charge in [-0.15, -0.1) is 0 Å². The van der Waals surface area contributed by atoms with Crippen molar-refractivity contribution in [1.82, 2.24) is 4.90 Å². The summed E-state index contributed by atoms with van der Waals surface area (Å²) in [6, 6.07) is 8.11. The predicted octanol–water partition coefficient (Wildman–Crippen LogP) is 2.86. The van der Waals surface area contributed by atoms with E-state index in [0.717, 1.165) is 5.56 Å². The maximum atomic E-state index is 12.2. The van der Waals surface area contributed by atoms with Crippen LogP contribution in [0.3, 0.4) is 0 Å². The Bertz CT molecular complexity index is 675. The molecule has 1 aliphatic rings. The third-order valence-electron chi connectivity index (χ3n) is 4.36. The summed E-state index contributed by atoms with van der Waals surface area (Å²) in [7, 11) is -1.27. The molecular weight excluding hydrogens is 310 g/mol. The van der Waals surface area contributed by atoms with Gasteiger partial charge >= 0.3 is 0 Å². The van der Waals surface area contributed by atoms with E-state index in [2.05, 4.69) is 26.0 Å². The molecule has 1 heterocycles. The molecule has 1 aromatic carbocycles. The Morgan fingerprint density at radius 3 is 2.48 bits per heavy atom. The first-order valence-electron chi connectivity index (χ1n) is 8.01. The highest BCUT2D eigenvalue weighted by Gasteiger charge is 2.32. The molecule has 4 nitrogen and oxygen atoms in total. The lowest BCUT2D eigenvalue weighted by Gasteiger charge is -2.22. The van der Waals surface area contributed by atoms with Crippen LogP contribution in [0.2, 0.25) is 0 Å². The van der Waals surface area contributed by atoms with Crippen LogP contribution in [-0.2, 0) is 14.6 Å². The van der Waals surface area contributed by atoms with Gasteiger partial charge in [-0.2, -0.15) is 0 Å². The van der Waals surface area contributed by atoms with Crippen LogP contribution < -0.4 is 0 Å². The van der Waals surface area contributed by atoms with Gasteiger partial charge in [0.25, 0.3) is 0 Å². The van der Waals surface area contributed by atoms with Crippen LogP contribution in [0.25, 0.3) is 6.08 Å². The lowest BCUT2D eigenvalue weighted by Crippen LogP contribution is -2.37. The number of carbonyl (C=O) groups excluding carboxylic acids is 1. The quantitative estimate of drug-likeness (QED) is 0.831. The molecule has 0 N–H and O–H groups in total. The molecule has 1 atom stereocenters. The van der Waals surface area contributed by atoms with Gasteiger partial charge in [-0.25, -0.2) is 8.42 Å². The summed E-state index contributed by atoms with van der Waals surface area (Å²) < 4.78 is 23.0. The normalized spacial score (nSPS) is 20.3. The molecule has 5 heteroatoms. The fourth-order valence-electron chi connectivity index (χ4n) is 2.72. The summed E-state index contributed by atoms with van der Waals surface area (Å²) in [5.74, 6) is 0.747. The van der Waals surface area contributed by atoms with Gasteiger partial charge in [-0.3, -0.25) is 4.79 Å². The van der Waals surface area contributed by atoms with Gasteiger partial charge < -0.3 is 4.90 Å². The first-order valence-corrected chi connectivity index (χ1v) is 9.83. The van der Waals surface area contributed by atoms with Crippen molar-refractivity contribution in [3.63, 3.8) is 0 Å². The smallest absolute Gasteiger partial charge is 0.226 e. The molecular formula is C18H25NO3S. The van der Waals surface area contributed by atoms with E-state index in [1.165, 1.54) is 5.56 Å². The van der Waals surface area contributed by atoms with Crippen molar-refractivity contribution in [3.8, 4) is 0 Å². The lowest BCUT2D eigenvalue weighted by atomic mass is 10.0. The van der Waals surface area contributed by atoms with Gasteiger partial charge in [0.05, 0.1) is 11.5 Å². The predicted molar refractivity (Wildman–Crippen MR) is 94.0 cm³/mol. The van der Waals surface area contributed by atoms with Crippen LogP contribution in [0.4, 0.5) is 0 Å². The molecule has 0 aliphatic carbocycles. The topological polar surface area (TPSA) is 54.5 Å². The zero-order valence-corrected chi connectivity index (χ0v) is 14.8. The van der Waals surface area contributed by atoms with Gasteiger partial charge in [0, 0.05) is 19.5 Å². The molecule has 1 aromatic rings. The molecule has 1 fully saturated rings. The molecule has 0 spiro atoms. The molecule has 1 saturated heterocycles. The summed E-state index contributed by atoms with van der Waals surface area (Å²) >= 11 is 0. The summed E-state index contributed by atoms with van der Waals surface area (Å²) in [5, 5.41) is 0. The standard InChI is InChI=1S/C18H25NO3S/c1-14(2)16-9-7-15(8-10-16)5-4-6-18(20)19(3)17-11-12-23(21,22)13-17/h4-5,7-10,14,17H,6,11-13H2,1-3H3/t17-/m0/s1. The molecule has 23 heavy (non-hydrogen) atoms. The second-order valence-electron chi connectivity index (χ2n) is 6.49. The van der Waals surface area contributed by atoms with Crippen molar-refractivity contribution in [2.75, 3.05) is 18.6 Å². The van der Waals surface area contributed by atoms with Gasteiger partial charge in [0.15, 0.2) is 9.84 Å². The van der Waals surface area contributed by atoms with Gasteiger partial charge in [-0.1, -0.05) is 50.3 Å². The first kappa shape index (κ1) is 17.7. The van der Waals surface area contributed by atoms with Crippen molar-refractivity contribution in [1.29, 1.82) is 0 Å². The zero-order valence-electron chi connectivity index (χ0n) is 14.0. The molecule has 0 unspecified atom stereocenters. The Hall–Kier alpha value is -1.62. The van der Waals surface area contributed by atoms with Crippen LogP contribution >= 0.6 is 0 Å². The Morgan fingerprint density at radius 1 is 1.30 bits per heavy atom. The van der Waals surface area contributed by atoms with Crippen LogP contribution in [0.15, 0.2) is 30.3 Å². The molecule has 126 valence electrons. The molecule has 0 bridgehead atoms. The maximum absolute atomic E-state index is 12.2. The van der Waals surface area contributed by atoms with E-state index in [4.69, 9.17) is 0 Å². The second kappa shape index (κ2) is 7.30. The minimum absolute atomic E-state index is 0.0397. The van der Waals surface area contributed by atoms with E-state index in [0.29, 0.717) is 18.8 Å². The van der Waals surface area contributed by atoms with E-state index in [1.807, 2.05) is 24.3 Å². The van der Waals surface area contributed by atoms with E-state index >= 15 is 0 Å². The Morgan fingerprint density at radius 2 is 1.96 bits per heavy atom. The zero-order chi connectivity index (χ0) is 17.0. The van der Waals surface area contributed by atoms with E-state index in [1.54, 1.807) is 11.9 Å². The van der Waals surface area contributed by atoms with Crippen molar-refractivity contribution >= 4 is 21.8 Å². The summed E-state index contributed by atoms with van der Waals surface area (Å²) in [6.45, 7) is 4.31. The molecule has 1 amide bonds. The molecule has 0 saturated carbocycles. The van der Waals surface area contributed by atoms with Crippen LogP contribution in [0, 0.1) is 0 Å². The lowest BCUT2D eigenvalue weighted by molar-refractivity contribution is -0.130. The fourth-order valence-corrected chi connectivity index (χ4v) is 4.49. The largest absolute Gasteiger partial charge is 0.341 e. The minimum Gasteiger partial charge on any atom is -0.341 e. The number of rotatable bonds is 5. The highest BCUT2D eigenvalue weighted by Crippen LogP contribution is 2.18. The number of nitrogens with zero attached hydrogens (tertiary/aromatic N) is 1. The third kappa shape index (κ3) is 4.93. The Labute approximate surface area is 139 Å². The minimum atomic E-state index is -2.96. The third-order valence-corrected chi connectivity index (χ3v) is 6.11. The number of sulfone groups is 1. The molecule has 0 radical (unpaired) electrons. The van der Waals surface area contributed by atoms with Gasteiger partial charge in [-0.05, 0) is 23.5 Å². The van der Waals surface area contributed by atoms with E-state index < -0.39 is 9.84 Å². The monoisotopic (exact) mass is 335 g/mol. The van der Waals surface area contributed by atoms with Crippen molar-refractivity contribution in [2.24, 2.45) is 0 Å². The number of carbonyl (C=O) groups is 1. The van der Waals surface area contributed by atoms with E-state index in [9.17, 15) is 13.2 Å². The van der Waals surface area contributed by atoms with E-state index in [-0.39, 0.29) is 23.5 Å². The number of hydrogen-bond acceptors (Lipinski definition) is 3. The Kier molecular flexibility index (Phi) is 5.63.